The van der Waals surface area contributed by atoms with Crippen LogP contribution >= 0.6 is 0 Å². The fraction of sp³-hybridized carbons (Fsp3) is 0.636. The van der Waals surface area contributed by atoms with Gasteiger partial charge in [0.25, 0.3) is 5.91 Å². The van der Waals surface area contributed by atoms with Crippen molar-refractivity contribution in [3.05, 3.63) is 35.9 Å². The molecule has 3 aliphatic rings. The number of carbonyl (C=O) groups is 2. The molecule has 3 fully saturated rings. The SMILES string of the molecule is CC12CCC(C(=O)N3CCC(Cc4ccccc4)CC3)(OC1=O)C2(C)C. The van der Waals surface area contributed by atoms with Gasteiger partial charge in [-0.2, -0.15) is 0 Å². The first-order chi connectivity index (χ1) is 12.3. The summed E-state index contributed by atoms with van der Waals surface area (Å²) in [4.78, 5) is 27.8. The lowest BCUT2D eigenvalue weighted by Gasteiger charge is -2.41. The predicted molar refractivity (Wildman–Crippen MR) is 99.4 cm³/mol. The zero-order valence-corrected chi connectivity index (χ0v) is 16.1. The molecule has 1 amide bonds. The van der Waals surface area contributed by atoms with Gasteiger partial charge in [0.1, 0.15) is 0 Å². The number of hydrogen-bond donors (Lipinski definition) is 0. The second-order valence-electron chi connectivity index (χ2n) is 9.10. The Hall–Kier alpha value is -1.84. The molecule has 0 radical (unpaired) electrons. The Balaban J connectivity index is 1.44. The van der Waals surface area contributed by atoms with Crippen molar-refractivity contribution < 1.29 is 14.3 Å². The lowest BCUT2D eigenvalue weighted by Crippen LogP contribution is -2.56. The highest BCUT2D eigenvalue weighted by Crippen LogP contribution is 2.66. The first-order valence-corrected chi connectivity index (χ1v) is 9.87. The highest BCUT2D eigenvalue weighted by Gasteiger charge is 2.76. The van der Waals surface area contributed by atoms with Gasteiger partial charge in [0.15, 0.2) is 5.60 Å². The Morgan fingerprint density at radius 3 is 2.31 bits per heavy atom. The van der Waals surface area contributed by atoms with E-state index in [4.69, 9.17) is 4.74 Å². The number of amides is 1. The van der Waals surface area contributed by atoms with Crippen molar-refractivity contribution in [2.75, 3.05) is 13.1 Å². The molecule has 0 spiro atoms. The average molecular weight is 355 g/mol. The maximum absolute atomic E-state index is 13.4. The molecule has 1 aromatic rings. The predicted octanol–water partition coefficient (Wildman–Crippen LogP) is 3.59. The van der Waals surface area contributed by atoms with Gasteiger partial charge in [0.05, 0.1) is 5.41 Å². The summed E-state index contributed by atoms with van der Waals surface area (Å²) in [5.41, 5.74) is -0.567. The summed E-state index contributed by atoms with van der Waals surface area (Å²) in [6.07, 6.45) is 4.51. The zero-order chi connectivity index (χ0) is 18.6. The van der Waals surface area contributed by atoms with Crippen molar-refractivity contribution in [3.63, 3.8) is 0 Å². The van der Waals surface area contributed by atoms with Crippen LogP contribution in [0.1, 0.15) is 52.0 Å². The van der Waals surface area contributed by atoms with Gasteiger partial charge >= 0.3 is 5.97 Å². The third-order valence-electron chi connectivity index (χ3n) is 7.70. The van der Waals surface area contributed by atoms with Gasteiger partial charge in [-0.05, 0) is 50.5 Å². The highest BCUT2D eigenvalue weighted by atomic mass is 16.6. The van der Waals surface area contributed by atoms with Crippen LogP contribution in [0.25, 0.3) is 0 Å². The molecule has 2 atom stereocenters. The van der Waals surface area contributed by atoms with E-state index < -0.39 is 16.4 Å². The van der Waals surface area contributed by atoms with Crippen molar-refractivity contribution in [1.82, 2.24) is 4.90 Å². The molecule has 1 aliphatic carbocycles. The Morgan fingerprint density at radius 1 is 1.12 bits per heavy atom. The van der Waals surface area contributed by atoms with Gasteiger partial charge < -0.3 is 9.64 Å². The van der Waals surface area contributed by atoms with E-state index in [2.05, 4.69) is 24.3 Å². The minimum Gasteiger partial charge on any atom is -0.448 e. The van der Waals surface area contributed by atoms with Crippen LogP contribution in [0.3, 0.4) is 0 Å². The molecule has 140 valence electrons. The molecule has 4 nitrogen and oxygen atoms in total. The summed E-state index contributed by atoms with van der Waals surface area (Å²) in [6, 6.07) is 10.6. The zero-order valence-electron chi connectivity index (χ0n) is 16.1. The maximum Gasteiger partial charge on any atom is 0.313 e. The number of nitrogens with zero attached hydrogens (tertiary/aromatic N) is 1. The topological polar surface area (TPSA) is 46.6 Å². The van der Waals surface area contributed by atoms with E-state index in [0.29, 0.717) is 12.3 Å². The number of piperidine rings is 1. The monoisotopic (exact) mass is 355 g/mol. The molecule has 1 aromatic carbocycles. The van der Waals surface area contributed by atoms with Crippen LogP contribution < -0.4 is 0 Å². The summed E-state index contributed by atoms with van der Waals surface area (Å²) in [5, 5.41) is 0. The van der Waals surface area contributed by atoms with Gasteiger partial charge in [-0.15, -0.1) is 0 Å². The summed E-state index contributed by atoms with van der Waals surface area (Å²) in [5.74, 6) is 0.461. The molecule has 4 rings (SSSR count). The third kappa shape index (κ3) is 2.27. The van der Waals surface area contributed by atoms with Gasteiger partial charge in [-0.1, -0.05) is 44.2 Å². The largest absolute Gasteiger partial charge is 0.448 e. The maximum atomic E-state index is 13.4. The Bertz CT molecular complexity index is 720. The normalized spacial score (nSPS) is 33.3. The number of ether oxygens (including phenoxy) is 1. The first kappa shape index (κ1) is 17.6. The second-order valence-corrected chi connectivity index (χ2v) is 9.10. The number of carbonyl (C=O) groups excluding carboxylic acids is 2. The molecule has 2 aliphatic heterocycles. The summed E-state index contributed by atoms with van der Waals surface area (Å²) in [6.45, 7) is 7.56. The van der Waals surface area contributed by atoms with Gasteiger partial charge in [0, 0.05) is 18.5 Å². The van der Waals surface area contributed by atoms with Crippen LogP contribution in [-0.2, 0) is 20.7 Å². The Kier molecular flexibility index (Phi) is 3.94. The second kappa shape index (κ2) is 5.83. The Morgan fingerprint density at radius 2 is 1.77 bits per heavy atom. The first-order valence-electron chi connectivity index (χ1n) is 9.87. The van der Waals surface area contributed by atoms with E-state index in [0.717, 1.165) is 38.8 Å². The molecular formula is C22H29NO3. The molecule has 1 saturated carbocycles. The number of esters is 1. The van der Waals surface area contributed by atoms with E-state index in [1.807, 2.05) is 31.7 Å². The molecule has 0 aromatic heterocycles. The molecule has 26 heavy (non-hydrogen) atoms. The lowest BCUT2D eigenvalue weighted by molar-refractivity contribution is -0.174. The fourth-order valence-electron chi connectivity index (χ4n) is 5.26. The quantitative estimate of drug-likeness (QED) is 0.779. The van der Waals surface area contributed by atoms with E-state index in [9.17, 15) is 9.59 Å². The number of rotatable bonds is 3. The standard InChI is InChI=1S/C22H29NO3/c1-20(2)21(3)11-12-22(20,26-19(21)25)18(24)23-13-9-17(10-14-23)15-16-7-5-4-6-8-16/h4-8,17H,9-15H2,1-3H3. The molecule has 2 saturated heterocycles. The molecule has 4 heteroatoms. The van der Waals surface area contributed by atoms with Gasteiger partial charge in [-0.3, -0.25) is 9.59 Å². The van der Waals surface area contributed by atoms with E-state index in [1.54, 1.807) is 0 Å². The van der Waals surface area contributed by atoms with Gasteiger partial charge in [-0.25, -0.2) is 0 Å². The van der Waals surface area contributed by atoms with Crippen molar-refractivity contribution in [2.45, 2.75) is 58.5 Å². The van der Waals surface area contributed by atoms with Crippen LogP contribution in [0.15, 0.2) is 30.3 Å². The van der Waals surface area contributed by atoms with Crippen molar-refractivity contribution in [2.24, 2.45) is 16.7 Å². The van der Waals surface area contributed by atoms with Crippen molar-refractivity contribution >= 4 is 11.9 Å². The lowest BCUT2D eigenvalue weighted by atomic mass is 9.66. The smallest absolute Gasteiger partial charge is 0.313 e. The molecular weight excluding hydrogens is 326 g/mol. The van der Waals surface area contributed by atoms with Crippen molar-refractivity contribution in [3.8, 4) is 0 Å². The minimum atomic E-state index is -0.953. The van der Waals surface area contributed by atoms with E-state index in [-0.39, 0.29) is 11.9 Å². The number of hydrogen-bond acceptors (Lipinski definition) is 3. The minimum absolute atomic E-state index is 0.0373. The number of benzene rings is 1. The molecule has 2 unspecified atom stereocenters. The van der Waals surface area contributed by atoms with E-state index in [1.165, 1.54) is 5.56 Å². The Labute approximate surface area is 155 Å². The highest BCUT2D eigenvalue weighted by molar-refractivity contribution is 5.96. The summed E-state index contributed by atoms with van der Waals surface area (Å²) in [7, 11) is 0. The fourth-order valence-corrected chi connectivity index (χ4v) is 5.26. The van der Waals surface area contributed by atoms with Gasteiger partial charge in [0.2, 0.25) is 0 Å². The van der Waals surface area contributed by atoms with Crippen LogP contribution in [0.2, 0.25) is 0 Å². The number of fused-ring (bicyclic) bond motifs is 2. The average Bonchev–Trinajstić information content (AvgIpc) is 2.93. The summed E-state index contributed by atoms with van der Waals surface area (Å²) < 4.78 is 5.77. The van der Waals surface area contributed by atoms with Crippen LogP contribution in [-0.4, -0.2) is 35.5 Å². The molecule has 0 N–H and O–H groups in total. The van der Waals surface area contributed by atoms with Crippen molar-refractivity contribution in [1.29, 1.82) is 0 Å². The molecule has 2 bridgehead atoms. The summed E-state index contributed by atoms with van der Waals surface area (Å²) >= 11 is 0. The number of likely N-dealkylation sites (tertiary alicyclic amines) is 1. The third-order valence-corrected chi connectivity index (χ3v) is 7.70. The molecule has 2 heterocycles. The van der Waals surface area contributed by atoms with Crippen LogP contribution in [0.4, 0.5) is 0 Å². The van der Waals surface area contributed by atoms with E-state index >= 15 is 0 Å². The van der Waals surface area contributed by atoms with Crippen LogP contribution in [0, 0.1) is 16.7 Å². The van der Waals surface area contributed by atoms with Crippen LogP contribution in [0.5, 0.6) is 0 Å².